The standard InChI is InChI=1S/C6H13NO3/c1-4-9-5(8)6(2,3)10-7/h4,7H2,1-3H3. The van der Waals surface area contributed by atoms with Gasteiger partial charge in [0.05, 0.1) is 6.61 Å². The molecule has 4 nitrogen and oxygen atoms in total. The van der Waals surface area contributed by atoms with Crippen LogP contribution in [-0.4, -0.2) is 18.2 Å². The Kier molecular flexibility index (Phi) is 3.32. The Morgan fingerprint density at radius 3 is 2.40 bits per heavy atom. The van der Waals surface area contributed by atoms with Gasteiger partial charge in [-0.1, -0.05) is 0 Å². The highest BCUT2D eigenvalue weighted by molar-refractivity contribution is 5.78. The molecule has 0 aliphatic heterocycles. The Morgan fingerprint density at radius 2 is 2.10 bits per heavy atom. The molecular weight excluding hydrogens is 134 g/mol. The zero-order valence-electron chi connectivity index (χ0n) is 6.51. The normalized spacial score (nSPS) is 11.2. The Labute approximate surface area is 60.2 Å². The third-order valence-corrected chi connectivity index (χ3v) is 1.06. The van der Waals surface area contributed by atoms with E-state index in [1.165, 1.54) is 0 Å². The van der Waals surface area contributed by atoms with Gasteiger partial charge in [0.2, 0.25) is 0 Å². The van der Waals surface area contributed by atoms with E-state index in [2.05, 4.69) is 9.57 Å². The van der Waals surface area contributed by atoms with E-state index < -0.39 is 11.6 Å². The summed E-state index contributed by atoms with van der Waals surface area (Å²) in [7, 11) is 0. The van der Waals surface area contributed by atoms with Gasteiger partial charge in [0, 0.05) is 0 Å². The summed E-state index contributed by atoms with van der Waals surface area (Å²) in [5.41, 5.74) is -1.03. The molecule has 0 aromatic rings. The molecule has 0 fully saturated rings. The molecule has 0 aliphatic carbocycles. The van der Waals surface area contributed by atoms with Crippen molar-refractivity contribution in [3.63, 3.8) is 0 Å². The quantitative estimate of drug-likeness (QED) is 0.458. The van der Waals surface area contributed by atoms with E-state index in [1.807, 2.05) is 0 Å². The fourth-order valence-electron chi connectivity index (χ4n) is 0.353. The molecule has 0 unspecified atom stereocenters. The minimum Gasteiger partial charge on any atom is -0.464 e. The molecule has 0 aromatic heterocycles. The number of esters is 1. The summed E-state index contributed by atoms with van der Waals surface area (Å²) in [4.78, 5) is 15.2. The van der Waals surface area contributed by atoms with Crippen LogP contribution in [0.1, 0.15) is 20.8 Å². The van der Waals surface area contributed by atoms with Crippen LogP contribution < -0.4 is 5.90 Å². The molecule has 4 heteroatoms. The molecule has 0 aliphatic rings. The highest BCUT2D eigenvalue weighted by Gasteiger charge is 2.29. The average Bonchev–Trinajstić information content (AvgIpc) is 1.89. The van der Waals surface area contributed by atoms with Gasteiger partial charge in [-0.25, -0.2) is 10.7 Å². The van der Waals surface area contributed by atoms with Crippen LogP contribution in [0, 0.1) is 0 Å². The fraction of sp³-hybridized carbons (Fsp3) is 0.833. The number of carbonyl (C=O) groups excluding carboxylic acids is 1. The number of rotatable bonds is 3. The fourth-order valence-corrected chi connectivity index (χ4v) is 0.353. The molecule has 0 radical (unpaired) electrons. The van der Waals surface area contributed by atoms with Crippen molar-refractivity contribution >= 4 is 5.97 Å². The summed E-state index contributed by atoms with van der Waals surface area (Å²) in [5.74, 6) is 4.39. The van der Waals surface area contributed by atoms with Gasteiger partial charge in [0.15, 0.2) is 5.60 Å². The molecule has 0 aromatic carbocycles. The Bertz CT molecular complexity index is 122. The summed E-state index contributed by atoms with van der Waals surface area (Å²) in [5, 5.41) is 0. The van der Waals surface area contributed by atoms with Crippen LogP contribution in [0.15, 0.2) is 0 Å². The van der Waals surface area contributed by atoms with E-state index in [0.29, 0.717) is 6.61 Å². The first-order valence-corrected chi connectivity index (χ1v) is 3.09. The predicted octanol–water partition coefficient (Wildman–Crippen LogP) is 0.218. The van der Waals surface area contributed by atoms with Crippen molar-refractivity contribution in [3.8, 4) is 0 Å². The van der Waals surface area contributed by atoms with E-state index in [4.69, 9.17) is 5.90 Å². The number of hydrogen-bond donors (Lipinski definition) is 1. The van der Waals surface area contributed by atoms with Crippen LogP contribution in [0.5, 0.6) is 0 Å². The smallest absolute Gasteiger partial charge is 0.339 e. The highest BCUT2D eigenvalue weighted by Crippen LogP contribution is 2.07. The van der Waals surface area contributed by atoms with E-state index in [-0.39, 0.29) is 0 Å². The lowest BCUT2D eigenvalue weighted by molar-refractivity contribution is -0.168. The summed E-state index contributed by atoms with van der Waals surface area (Å²) >= 11 is 0. The summed E-state index contributed by atoms with van der Waals surface area (Å²) in [6, 6.07) is 0. The Morgan fingerprint density at radius 1 is 1.60 bits per heavy atom. The molecule has 2 N–H and O–H groups in total. The molecule has 0 spiro atoms. The lowest BCUT2D eigenvalue weighted by Gasteiger charge is -2.18. The average molecular weight is 147 g/mol. The number of nitrogens with two attached hydrogens (primary N) is 1. The van der Waals surface area contributed by atoms with Crippen LogP contribution in [0.2, 0.25) is 0 Å². The van der Waals surface area contributed by atoms with Crippen LogP contribution in [0.4, 0.5) is 0 Å². The van der Waals surface area contributed by atoms with Gasteiger partial charge in [-0.05, 0) is 20.8 Å². The maximum Gasteiger partial charge on any atom is 0.339 e. The Hall–Kier alpha value is -0.610. The van der Waals surface area contributed by atoms with Crippen molar-refractivity contribution in [2.75, 3.05) is 6.61 Å². The molecule has 10 heavy (non-hydrogen) atoms. The van der Waals surface area contributed by atoms with Crippen molar-refractivity contribution in [2.24, 2.45) is 5.90 Å². The van der Waals surface area contributed by atoms with Crippen molar-refractivity contribution in [2.45, 2.75) is 26.4 Å². The van der Waals surface area contributed by atoms with Gasteiger partial charge in [-0.3, -0.25) is 4.84 Å². The van der Waals surface area contributed by atoms with Gasteiger partial charge in [0.1, 0.15) is 0 Å². The lowest BCUT2D eigenvalue weighted by atomic mass is 10.1. The second kappa shape index (κ2) is 3.53. The molecular formula is C6H13NO3. The second-order valence-corrected chi connectivity index (χ2v) is 2.35. The third kappa shape index (κ3) is 2.33. The number of hydrogen-bond acceptors (Lipinski definition) is 4. The largest absolute Gasteiger partial charge is 0.464 e. The van der Waals surface area contributed by atoms with Crippen molar-refractivity contribution in [3.05, 3.63) is 0 Å². The molecule has 0 bridgehead atoms. The molecule has 0 saturated carbocycles. The van der Waals surface area contributed by atoms with E-state index in [1.54, 1.807) is 20.8 Å². The zero-order chi connectivity index (χ0) is 8.20. The van der Waals surface area contributed by atoms with Crippen LogP contribution in [-0.2, 0) is 14.4 Å². The van der Waals surface area contributed by atoms with Crippen molar-refractivity contribution in [1.82, 2.24) is 0 Å². The Balaban J connectivity index is 3.91. The summed E-state index contributed by atoms with van der Waals surface area (Å²) in [6.07, 6.45) is 0. The van der Waals surface area contributed by atoms with E-state index in [9.17, 15) is 4.79 Å². The first kappa shape index (κ1) is 9.39. The van der Waals surface area contributed by atoms with Crippen LogP contribution in [0.25, 0.3) is 0 Å². The maximum absolute atomic E-state index is 10.9. The van der Waals surface area contributed by atoms with Gasteiger partial charge >= 0.3 is 5.97 Å². The molecule has 0 atom stereocenters. The molecule has 0 heterocycles. The maximum atomic E-state index is 10.9. The molecule has 0 rings (SSSR count). The van der Waals surface area contributed by atoms with Gasteiger partial charge in [-0.15, -0.1) is 0 Å². The first-order valence-electron chi connectivity index (χ1n) is 3.09. The molecule has 0 saturated heterocycles. The zero-order valence-corrected chi connectivity index (χ0v) is 6.51. The highest BCUT2D eigenvalue weighted by atomic mass is 16.7. The first-order chi connectivity index (χ1) is 4.54. The molecule has 0 amide bonds. The summed E-state index contributed by atoms with van der Waals surface area (Å²) < 4.78 is 4.65. The van der Waals surface area contributed by atoms with Gasteiger partial charge < -0.3 is 4.74 Å². The van der Waals surface area contributed by atoms with Crippen molar-refractivity contribution in [1.29, 1.82) is 0 Å². The third-order valence-electron chi connectivity index (χ3n) is 1.06. The number of carbonyl (C=O) groups is 1. The van der Waals surface area contributed by atoms with Gasteiger partial charge in [0.25, 0.3) is 0 Å². The number of ether oxygens (including phenoxy) is 1. The predicted molar refractivity (Wildman–Crippen MR) is 36.0 cm³/mol. The van der Waals surface area contributed by atoms with E-state index in [0.717, 1.165) is 0 Å². The van der Waals surface area contributed by atoms with Crippen LogP contribution >= 0.6 is 0 Å². The summed E-state index contributed by atoms with van der Waals surface area (Å²) in [6.45, 7) is 5.16. The monoisotopic (exact) mass is 147 g/mol. The van der Waals surface area contributed by atoms with Crippen molar-refractivity contribution < 1.29 is 14.4 Å². The minimum absolute atomic E-state index is 0.339. The SMILES string of the molecule is CCOC(=O)C(C)(C)ON. The second-order valence-electron chi connectivity index (χ2n) is 2.35. The van der Waals surface area contributed by atoms with E-state index >= 15 is 0 Å². The topological polar surface area (TPSA) is 61.5 Å². The minimum atomic E-state index is -1.03. The van der Waals surface area contributed by atoms with Crippen LogP contribution in [0.3, 0.4) is 0 Å². The lowest BCUT2D eigenvalue weighted by Crippen LogP contribution is -2.38. The van der Waals surface area contributed by atoms with Gasteiger partial charge in [-0.2, -0.15) is 0 Å². The molecule has 60 valence electrons.